The third kappa shape index (κ3) is 33.5. The van der Waals surface area contributed by atoms with Gasteiger partial charge in [0.15, 0.2) is 0 Å². The van der Waals surface area contributed by atoms with E-state index < -0.39 is 0 Å². The van der Waals surface area contributed by atoms with Crippen molar-refractivity contribution in [2.75, 3.05) is 33.8 Å². The Kier molecular flexibility index (Phi) is 38.8. The van der Waals surface area contributed by atoms with Crippen molar-refractivity contribution in [2.24, 2.45) is 5.92 Å². The van der Waals surface area contributed by atoms with E-state index in [0.717, 1.165) is 64.5 Å². The standard InChI is InChI=1S/C47H94N2O3/c1-7-11-15-19-21-22-25-30-37-45(49(42-34-41-48(5)6)46(50)39-32-23-17-13-9-3)38-31-26-27-33-40-47(51)52-43-44(35-28-18-14-10-4)36-29-24-20-16-12-8-2/h44-45H,7-43H2,1-6H3. The lowest BCUT2D eigenvalue weighted by molar-refractivity contribution is -0.145. The minimum absolute atomic E-state index is 0.00525. The van der Waals surface area contributed by atoms with E-state index in [1.807, 2.05) is 0 Å². The Labute approximate surface area is 326 Å². The molecule has 0 spiro atoms. The molecule has 1 amide bonds. The maximum atomic E-state index is 13.7. The van der Waals surface area contributed by atoms with E-state index in [2.05, 4.69) is 51.6 Å². The molecule has 5 nitrogen and oxygen atoms in total. The molecule has 0 aliphatic rings. The van der Waals surface area contributed by atoms with Crippen LogP contribution in [0.15, 0.2) is 0 Å². The van der Waals surface area contributed by atoms with Gasteiger partial charge in [-0.15, -0.1) is 0 Å². The largest absolute Gasteiger partial charge is 0.465 e. The van der Waals surface area contributed by atoms with Gasteiger partial charge in [0.2, 0.25) is 5.91 Å². The van der Waals surface area contributed by atoms with Crippen LogP contribution < -0.4 is 0 Å². The lowest BCUT2D eigenvalue weighted by atomic mass is 9.95. The lowest BCUT2D eigenvalue weighted by Crippen LogP contribution is -2.41. The second-order valence-electron chi connectivity index (χ2n) is 16.7. The van der Waals surface area contributed by atoms with Crippen LogP contribution in [-0.2, 0) is 14.3 Å². The van der Waals surface area contributed by atoms with E-state index in [-0.39, 0.29) is 5.97 Å². The summed E-state index contributed by atoms with van der Waals surface area (Å²) in [6.45, 7) is 11.6. The first-order valence-corrected chi connectivity index (χ1v) is 23.5. The molecule has 52 heavy (non-hydrogen) atoms. The van der Waals surface area contributed by atoms with E-state index in [9.17, 15) is 9.59 Å². The van der Waals surface area contributed by atoms with Crippen LogP contribution in [0.25, 0.3) is 0 Å². The number of ether oxygens (including phenoxy) is 1. The van der Waals surface area contributed by atoms with E-state index in [0.29, 0.717) is 37.3 Å². The van der Waals surface area contributed by atoms with Crippen LogP contribution in [-0.4, -0.2) is 61.5 Å². The van der Waals surface area contributed by atoms with Gasteiger partial charge in [0.05, 0.1) is 6.61 Å². The van der Waals surface area contributed by atoms with Crippen molar-refractivity contribution in [1.29, 1.82) is 0 Å². The second-order valence-corrected chi connectivity index (χ2v) is 16.7. The molecule has 0 radical (unpaired) electrons. The zero-order valence-electron chi connectivity index (χ0n) is 36.4. The molecule has 0 aliphatic carbocycles. The molecule has 0 saturated carbocycles. The van der Waals surface area contributed by atoms with Crippen LogP contribution in [0, 0.1) is 5.92 Å². The quantitative estimate of drug-likeness (QED) is 0.0463. The number of nitrogens with zero attached hydrogens (tertiary/aromatic N) is 2. The van der Waals surface area contributed by atoms with Crippen LogP contribution in [0.1, 0.15) is 246 Å². The molecule has 0 bridgehead atoms. The van der Waals surface area contributed by atoms with Crippen LogP contribution in [0.2, 0.25) is 0 Å². The number of carbonyl (C=O) groups is 2. The number of esters is 1. The Morgan fingerprint density at radius 3 is 1.29 bits per heavy atom. The van der Waals surface area contributed by atoms with Crippen LogP contribution >= 0.6 is 0 Å². The molecular formula is C47H94N2O3. The minimum atomic E-state index is 0.00525. The number of rotatable bonds is 41. The average Bonchev–Trinajstić information content (AvgIpc) is 3.13. The third-order valence-corrected chi connectivity index (χ3v) is 11.2. The number of amides is 1. The summed E-state index contributed by atoms with van der Waals surface area (Å²) in [7, 11) is 4.27. The molecule has 310 valence electrons. The molecule has 0 heterocycles. The monoisotopic (exact) mass is 735 g/mol. The summed E-state index contributed by atoms with van der Waals surface area (Å²) >= 11 is 0. The highest BCUT2D eigenvalue weighted by molar-refractivity contribution is 5.76. The van der Waals surface area contributed by atoms with E-state index in [1.54, 1.807) is 0 Å². The van der Waals surface area contributed by atoms with Gasteiger partial charge in [-0.2, -0.15) is 0 Å². The third-order valence-electron chi connectivity index (χ3n) is 11.2. The molecule has 2 atom stereocenters. The Balaban J connectivity index is 4.92. The topological polar surface area (TPSA) is 49.9 Å². The maximum absolute atomic E-state index is 13.7. The first-order chi connectivity index (χ1) is 25.4. The van der Waals surface area contributed by atoms with Gasteiger partial charge in [-0.05, 0) is 71.5 Å². The number of hydrogen-bond donors (Lipinski definition) is 0. The summed E-state index contributed by atoms with van der Waals surface area (Å²) < 4.78 is 5.87. The van der Waals surface area contributed by atoms with Gasteiger partial charge in [-0.1, -0.05) is 188 Å². The molecule has 0 fully saturated rings. The highest BCUT2D eigenvalue weighted by atomic mass is 16.5. The summed E-state index contributed by atoms with van der Waals surface area (Å²) in [5.41, 5.74) is 0. The number of hydrogen-bond acceptors (Lipinski definition) is 4. The van der Waals surface area contributed by atoms with Crippen molar-refractivity contribution < 1.29 is 14.3 Å². The minimum Gasteiger partial charge on any atom is -0.465 e. The van der Waals surface area contributed by atoms with Crippen molar-refractivity contribution in [3.05, 3.63) is 0 Å². The van der Waals surface area contributed by atoms with Gasteiger partial charge in [0, 0.05) is 25.4 Å². The van der Waals surface area contributed by atoms with E-state index in [4.69, 9.17) is 4.74 Å². The van der Waals surface area contributed by atoms with Crippen LogP contribution in [0.5, 0.6) is 0 Å². The highest BCUT2D eigenvalue weighted by Crippen LogP contribution is 2.23. The first kappa shape index (κ1) is 50.9. The maximum Gasteiger partial charge on any atom is 0.305 e. The summed E-state index contributed by atoms with van der Waals surface area (Å²) in [5, 5.41) is 0. The van der Waals surface area contributed by atoms with Gasteiger partial charge < -0.3 is 14.5 Å². The van der Waals surface area contributed by atoms with Crippen molar-refractivity contribution >= 4 is 11.9 Å². The average molecular weight is 735 g/mol. The SMILES string of the molecule is CCCCCCCCCCC(CCCCCCC(=O)OCC(CCCCCC)CCCCCCCC)N(CCCN(C)C)C(=O)CCCCCCC. The fourth-order valence-corrected chi connectivity index (χ4v) is 7.73. The van der Waals surface area contributed by atoms with Gasteiger partial charge >= 0.3 is 5.97 Å². The fraction of sp³-hybridized carbons (Fsp3) is 0.957. The molecular weight excluding hydrogens is 641 g/mol. The van der Waals surface area contributed by atoms with Gasteiger partial charge in [0.1, 0.15) is 0 Å². The first-order valence-electron chi connectivity index (χ1n) is 23.5. The van der Waals surface area contributed by atoms with Crippen molar-refractivity contribution in [3.63, 3.8) is 0 Å². The van der Waals surface area contributed by atoms with Crippen molar-refractivity contribution in [2.45, 2.75) is 252 Å². The number of carbonyl (C=O) groups excluding carboxylic acids is 2. The summed E-state index contributed by atoms with van der Waals surface area (Å²) in [5.74, 6) is 0.929. The predicted octanol–water partition coefficient (Wildman–Crippen LogP) is 14.2. The lowest BCUT2D eigenvalue weighted by Gasteiger charge is -2.33. The molecule has 0 saturated heterocycles. The Morgan fingerprint density at radius 1 is 0.442 bits per heavy atom. The molecule has 0 aliphatic heterocycles. The molecule has 0 aromatic rings. The number of unbranched alkanes of at least 4 members (excludes halogenated alkanes) is 22. The van der Waals surface area contributed by atoms with Gasteiger partial charge in [-0.3, -0.25) is 9.59 Å². The predicted molar refractivity (Wildman–Crippen MR) is 228 cm³/mol. The Morgan fingerprint density at radius 2 is 0.827 bits per heavy atom. The van der Waals surface area contributed by atoms with Crippen LogP contribution in [0.3, 0.4) is 0 Å². The molecule has 0 rings (SSSR count). The summed E-state index contributed by atoms with van der Waals surface area (Å²) in [4.78, 5) is 31.0. The van der Waals surface area contributed by atoms with Gasteiger partial charge in [-0.25, -0.2) is 0 Å². The fourth-order valence-electron chi connectivity index (χ4n) is 7.73. The normalized spacial score (nSPS) is 12.8. The van der Waals surface area contributed by atoms with E-state index >= 15 is 0 Å². The molecule has 0 aromatic carbocycles. The second kappa shape index (κ2) is 39.6. The Hall–Kier alpha value is -1.10. The highest BCUT2D eigenvalue weighted by Gasteiger charge is 2.23. The molecule has 0 N–H and O–H groups in total. The van der Waals surface area contributed by atoms with Crippen molar-refractivity contribution in [3.8, 4) is 0 Å². The molecule has 2 unspecified atom stereocenters. The summed E-state index contributed by atoms with van der Waals surface area (Å²) in [6.07, 6.45) is 40.9. The molecule has 5 heteroatoms. The van der Waals surface area contributed by atoms with E-state index in [1.165, 1.54) is 154 Å². The van der Waals surface area contributed by atoms with Gasteiger partial charge in [0.25, 0.3) is 0 Å². The van der Waals surface area contributed by atoms with Crippen LogP contribution in [0.4, 0.5) is 0 Å². The van der Waals surface area contributed by atoms with Crippen molar-refractivity contribution in [1.82, 2.24) is 9.80 Å². The zero-order chi connectivity index (χ0) is 38.3. The summed E-state index contributed by atoms with van der Waals surface area (Å²) in [6, 6.07) is 0.358. The molecule has 0 aromatic heterocycles. The Bertz CT molecular complexity index is 757. The smallest absolute Gasteiger partial charge is 0.305 e. The zero-order valence-corrected chi connectivity index (χ0v) is 36.4.